The minimum absolute atomic E-state index is 0.0656. The molecule has 0 aromatic carbocycles. The highest BCUT2D eigenvalue weighted by atomic mass is 35.5. The van der Waals surface area contributed by atoms with Gasteiger partial charge in [0.25, 0.3) is 5.16 Å². The highest BCUT2D eigenvalue weighted by Crippen LogP contribution is 2.25. The van der Waals surface area contributed by atoms with Crippen LogP contribution in [0.5, 0.6) is 0 Å². The molecule has 0 aromatic rings. The van der Waals surface area contributed by atoms with Crippen LogP contribution in [0.1, 0.15) is 0 Å². The van der Waals surface area contributed by atoms with Crippen molar-refractivity contribution >= 4 is 46.4 Å². The first-order chi connectivity index (χ1) is 6.91. The molecule has 0 aliphatic carbocycles. The normalized spacial score (nSPS) is 14.3. The maximum absolute atomic E-state index is 10.6. The standard InChI is InChI=1S/C6H8Cl4N2O3/c7-3(5(8)9)4(11-1-2-13)6(10)12(14)15/h11-14H,1-2H2/b6-4+. The van der Waals surface area contributed by atoms with Gasteiger partial charge in [-0.15, -0.1) is 0 Å². The first kappa shape index (κ1) is 15.3. The molecular formula is C6H8Cl4N2O3. The van der Waals surface area contributed by atoms with Crippen molar-refractivity contribution in [2.24, 2.45) is 0 Å². The fourth-order valence-electron chi connectivity index (χ4n) is 0.634. The second-order valence-corrected chi connectivity index (χ2v) is 3.92. The maximum Gasteiger partial charge on any atom is 0.257 e. The van der Waals surface area contributed by atoms with Crippen LogP contribution in [-0.4, -0.2) is 23.5 Å². The zero-order valence-electron chi connectivity index (χ0n) is 7.23. The van der Waals surface area contributed by atoms with Crippen LogP contribution < -0.4 is 10.5 Å². The summed E-state index contributed by atoms with van der Waals surface area (Å²) < 4.78 is -0.323. The molecule has 0 radical (unpaired) electrons. The monoisotopic (exact) mass is 296 g/mol. The predicted octanol–water partition coefficient (Wildman–Crippen LogP) is 0.634. The van der Waals surface area contributed by atoms with Gasteiger partial charge in [-0.1, -0.05) is 34.8 Å². The van der Waals surface area contributed by atoms with E-state index in [2.05, 4.69) is 5.32 Å². The molecule has 0 aliphatic heterocycles. The Morgan fingerprint density at radius 3 is 2.13 bits per heavy atom. The molecule has 1 atom stereocenters. The number of nitrogens with one attached hydrogen (secondary N) is 2. The van der Waals surface area contributed by atoms with Crippen LogP contribution in [-0.2, 0) is 0 Å². The first-order valence-electron chi connectivity index (χ1n) is 3.60. The van der Waals surface area contributed by atoms with E-state index in [-0.39, 0.29) is 28.4 Å². The van der Waals surface area contributed by atoms with Crippen molar-refractivity contribution in [3.05, 3.63) is 25.6 Å². The Morgan fingerprint density at radius 1 is 1.27 bits per heavy atom. The molecule has 0 spiro atoms. The molecule has 0 saturated carbocycles. The largest absolute Gasteiger partial charge is 0.594 e. The summed E-state index contributed by atoms with van der Waals surface area (Å²) in [6.45, 7) is -0.159. The number of rotatable bonds is 5. The maximum atomic E-state index is 10.6. The van der Waals surface area contributed by atoms with Crippen LogP contribution in [0.3, 0.4) is 0 Å². The second kappa shape index (κ2) is 7.54. The van der Waals surface area contributed by atoms with Gasteiger partial charge in [-0.05, 0) is 11.6 Å². The quantitative estimate of drug-likeness (QED) is 0.341. The van der Waals surface area contributed by atoms with Crippen LogP contribution >= 0.6 is 46.4 Å². The summed E-state index contributed by atoms with van der Waals surface area (Å²) in [5.41, 5.74) is -0.139. The van der Waals surface area contributed by atoms with Crippen molar-refractivity contribution in [2.75, 3.05) is 13.2 Å². The Kier molecular flexibility index (Phi) is 7.68. The van der Waals surface area contributed by atoms with Crippen molar-refractivity contribution in [3.8, 4) is 0 Å². The zero-order valence-corrected chi connectivity index (χ0v) is 10.3. The van der Waals surface area contributed by atoms with Crippen molar-refractivity contribution in [2.45, 2.75) is 0 Å². The predicted molar refractivity (Wildman–Crippen MR) is 58.7 cm³/mol. The van der Waals surface area contributed by atoms with E-state index in [1.165, 1.54) is 0 Å². The Bertz CT molecular complexity index is 276. The number of aliphatic hydroxyl groups excluding tert-OH is 1. The topological polar surface area (TPSA) is 80.0 Å². The van der Waals surface area contributed by atoms with Crippen molar-refractivity contribution in [1.82, 2.24) is 5.32 Å². The fraction of sp³-hybridized carbons (Fsp3) is 0.333. The van der Waals surface area contributed by atoms with Crippen molar-refractivity contribution < 1.29 is 15.5 Å². The van der Waals surface area contributed by atoms with Gasteiger partial charge < -0.3 is 15.6 Å². The molecule has 0 aliphatic rings. The minimum atomic E-state index is -1.38. The third kappa shape index (κ3) is 5.24. The summed E-state index contributed by atoms with van der Waals surface area (Å²) >= 11 is 21.8. The number of aliphatic hydroxyl groups is 1. The second-order valence-electron chi connectivity index (χ2n) is 2.22. The molecule has 0 bridgehead atoms. The molecule has 4 N–H and O–H groups in total. The van der Waals surface area contributed by atoms with E-state index in [9.17, 15) is 5.21 Å². The van der Waals surface area contributed by atoms with Gasteiger partial charge in [-0.3, -0.25) is 0 Å². The van der Waals surface area contributed by atoms with Gasteiger partial charge in [-0.2, -0.15) is 5.23 Å². The molecule has 9 heteroatoms. The third-order valence-electron chi connectivity index (χ3n) is 1.21. The smallest absolute Gasteiger partial charge is 0.257 e. The summed E-state index contributed by atoms with van der Waals surface area (Å²) in [4.78, 5) is 0. The number of allylic oxidation sites excluding steroid dienone is 1. The lowest BCUT2D eigenvalue weighted by atomic mass is 10.4. The Labute approximate surface area is 106 Å². The van der Waals surface area contributed by atoms with Gasteiger partial charge >= 0.3 is 0 Å². The lowest BCUT2D eigenvalue weighted by Gasteiger charge is -2.15. The van der Waals surface area contributed by atoms with Gasteiger partial charge in [0.05, 0.1) is 6.61 Å². The van der Waals surface area contributed by atoms with Gasteiger partial charge in [0.15, 0.2) is 0 Å². The molecule has 1 unspecified atom stereocenters. The highest BCUT2D eigenvalue weighted by molar-refractivity contribution is 6.60. The van der Waals surface area contributed by atoms with E-state index < -0.39 is 10.4 Å². The van der Waals surface area contributed by atoms with Crippen molar-refractivity contribution in [3.63, 3.8) is 0 Å². The number of halogens is 4. The molecule has 0 fully saturated rings. The number of hydroxylamine groups is 2. The van der Waals surface area contributed by atoms with Crippen LogP contribution in [0.4, 0.5) is 0 Å². The van der Waals surface area contributed by atoms with Gasteiger partial charge in [0, 0.05) is 6.54 Å². The van der Waals surface area contributed by atoms with Gasteiger partial charge in [0.1, 0.15) is 15.2 Å². The van der Waals surface area contributed by atoms with Crippen LogP contribution in [0.25, 0.3) is 0 Å². The van der Waals surface area contributed by atoms with Gasteiger partial charge in [-0.25, -0.2) is 5.21 Å². The summed E-state index contributed by atoms with van der Waals surface area (Å²) in [5.74, 6) is 0. The summed E-state index contributed by atoms with van der Waals surface area (Å²) in [7, 11) is 0. The molecular weight excluding hydrogens is 290 g/mol. The Balaban J connectivity index is 5.06. The summed E-state index contributed by atoms with van der Waals surface area (Å²) in [5, 5.41) is 28.1. The molecule has 0 heterocycles. The molecule has 15 heavy (non-hydrogen) atoms. The Hall–Kier alpha value is 0.280. The van der Waals surface area contributed by atoms with E-state index in [0.29, 0.717) is 0 Å². The molecule has 88 valence electrons. The number of hydrogen-bond donors (Lipinski definition) is 4. The third-order valence-corrected chi connectivity index (χ3v) is 2.51. The molecule has 0 rings (SSSR count). The fourth-order valence-corrected chi connectivity index (χ4v) is 1.19. The van der Waals surface area contributed by atoms with E-state index in [0.717, 1.165) is 0 Å². The molecule has 0 amide bonds. The molecule has 5 nitrogen and oxygen atoms in total. The minimum Gasteiger partial charge on any atom is -0.594 e. The van der Waals surface area contributed by atoms with E-state index in [4.69, 9.17) is 56.7 Å². The van der Waals surface area contributed by atoms with Crippen LogP contribution in [0.2, 0.25) is 0 Å². The average molecular weight is 298 g/mol. The van der Waals surface area contributed by atoms with Crippen LogP contribution in [0.15, 0.2) is 20.4 Å². The molecule has 0 saturated heterocycles. The van der Waals surface area contributed by atoms with Crippen molar-refractivity contribution in [1.29, 1.82) is 0 Å². The number of hydrogen-bond acceptors (Lipinski definition) is 4. The van der Waals surface area contributed by atoms with Gasteiger partial charge in [0.2, 0.25) is 0 Å². The van der Waals surface area contributed by atoms with E-state index in [1.807, 2.05) is 0 Å². The Morgan fingerprint density at radius 2 is 1.80 bits per heavy atom. The first-order valence-corrected chi connectivity index (χ1v) is 5.12. The summed E-state index contributed by atoms with van der Waals surface area (Å²) in [6.07, 6.45) is 0. The molecule has 0 aromatic heterocycles. The van der Waals surface area contributed by atoms with Crippen LogP contribution in [0, 0.1) is 5.21 Å². The zero-order chi connectivity index (χ0) is 12.0. The summed E-state index contributed by atoms with van der Waals surface area (Å²) in [6, 6.07) is 0. The highest BCUT2D eigenvalue weighted by Gasteiger charge is 2.16. The van der Waals surface area contributed by atoms with E-state index >= 15 is 0 Å². The lowest BCUT2D eigenvalue weighted by molar-refractivity contribution is -1.01. The average Bonchev–Trinajstić information content (AvgIpc) is 2.17. The lowest BCUT2D eigenvalue weighted by Crippen LogP contribution is -3.02. The van der Waals surface area contributed by atoms with E-state index in [1.54, 1.807) is 0 Å². The number of quaternary nitrogens is 1. The SMILES string of the molecule is [O-][NH+](O)/C(Cl)=C(/NCCO)C(Cl)=C(Cl)Cl.